The molecule has 2 N–H and O–H groups in total. The molecule has 1 aromatic carbocycles. The highest BCUT2D eigenvalue weighted by molar-refractivity contribution is 5.64. The fourth-order valence-corrected chi connectivity index (χ4v) is 2.50. The second-order valence-electron chi connectivity index (χ2n) is 6.50. The minimum atomic E-state index is 0.145. The number of hydrogen-bond donors (Lipinski definition) is 1. The number of benzene rings is 1. The van der Waals surface area contributed by atoms with E-state index in [1.54, 1.807) is 0 Å². The molecule has 2 aromatic heterocycles. The number of rotatable bonds is 1. The Balaban J connectivity index is 2.13. The topological polar surface area (TPSA) is 56.2 Å². The van der Waals surface area contributed by atoms with E-state index < -0.39 is 0 Å². The van der Waals surface area contributed by atoms with Gasteiger partial charge in [-0.05, 0) is 29.5 Å². The van der Waals surface area contributed by atoms with Crippen LogP contribution in [-0.4, -0.2) is 14.6 Å². The quantitative estimate of drug-likeness (QED) is 0.741. The van der Waals surface area contributed by atoms with Gasteiger partial charge in [0.25, 0.3) is 0 Å². The van der Waals surface area contributed by atoms with Gasteiger partial charge in [0.1, 0.15) is 0 Å². The van der Waals surface area contributed by atoms with Crippen LogP contribution in [0, 0.1) is 6.92 Å². The van der Waals surface area contributed by atoms with Crippen LogP contribution in [0.25, 0.3) is 17.0 Å². The lowest BCUT2D eigenvalue weighted by Crippen LogP contribution is -2.10. The van der Waals surface area contributed by atoms with Crippen molar-refractivity contribution in [2.24, 2.45) is 0 Å². The van der Waals surface area contributed by atoms with Crippen molar-refractivity contribution in [2.75, 3.05) is 5.73 Å². The van der Waals surface area contributed by atoms with Gasteiger partial charge in [-0.3, -0.25) is 4.40 Å². The highest BCUT2D eigenvalue weighted by atomic mass is 15.2. The van der Waals surface area contributed by atoms with Crippen molar-refractivity contribution in [1.29, 1.82) is 0 Å². The molecule has 0 spiro atoms. The highest BCUT2D eigenvalue weighted by Gasteiger charge is 2.15. The van der Waals surface area contributed by atoms with Gasteiger partial charge >= 0.3 is 0 Å². The molecule has 0 saturated carbocycles. The molecule has 0 amide bonds. The SMILES string of the molecule is Cc1cc(N)cn2c(-c3ccc(C(C)(C)C)cc3)nnc12. The number of nitrogens with two attached hydrogens (primary N) is 1. The lowest BCUT2D eigenvalue weighted by atomic mass is 9.87. The molecule has 0 bridgehead atoms. The normalized spacial score (nSPS) is 12.0. The average Bonchev–Trinajstić information content (AvgIpc) is 2.82. The van der Waals surface area contributed by atoms with E-state index in [1.165, 1.54) is 5.56 Å². The number of aryl methyl sites for hydroxylation is 1. The second kappa shape index (κ2) is 4.58. The van der Waals surface area contributed by atoms with Crippen LogP contribution < -0.4 is 5.73 Å². The summed E-state index contributed by atoms with van der Waals surface area (Å²) in [5.41, 5.74) is 11.0. The van der Waals surface area contributed by atoms with E-state index in [4.69, 9.17) is 5.73 Å². The second-order valence-corrected chi connectivity index (χ2v) is 6.50. The van der Waals surface area contributed by atoms with Crippen LogP contribution in [-0.2, 0) is 5.41 Å². The Morgan fingerprint density at radius 2 is 1.71 bits per heavy atom. The molecule has 0 atom stereocenters. The highest BCUT2D eigenvalue weighted by Crippen LogP contribution is 2.26. The van der Waals surface area contributed by atoms with Gasteiger partial charge in [-0.15, -0.1) is 10.2 Å². The lowest BCUT2D eigenvalue weighted by Gasteiger charge is -2.18. The van der Waals surface area contributed by atoms with Crippen LogP contribution in [0.3, 0.4) is 0 Å². The van der Waals surface area contributed by atoms with Crippen LogP contribution >= 0.6 is 0 Å². The summed E-state index contributed by atoms with van der Waals surface area (Å²) in [4.78, 5) is 0. The summed E-state index contributed by atoms with van der Waals surface area (Å²) < 4.78 is 1.96. The van der Waals surface area contributed by atoms with Gasteiger partial charge in [-0.2, -0.15) is 0 Å². The van der Waals surface area contributed by atoms with Crippen molar-refractivity contribution in [1.82, 2.24) is 14.6 Å². The Morgan fingerprint density at radius 3 is 2.33 bits per heavy atom. The zero-order chi connectivity index (χ0) is 15.2. The minimum Gasteiger partial charge on any atom is -0.398 e. The van der Waals surface area contributed by atoms with Crippen LogP contribution in [0.15, 0.2) is 36.5 Å². The Hall–Kier alpha value is -2.36. The molecular weight excluding hydrogens is 260 g/mol. The molecule has 4 nitrogen and oxygen atoms in total. The van der Waals surface area contributed by atoms with E-state index in [-0.39, 0.29) is 5.41 Å². The largest absolute Gasteiger partial charge is 0.398 e. The Bertz CT molecular complexity index is 792. The van der Waals surface area contributed by atoms with E-state index in [0.717, 1.165) is 22.6 Å². The van der Waals surface area contributed by atoms with Crippen LogP contribution in [0.1, 0.15) is 31.9 Å². The van der Waals surface area contributed by atoms with Crippen molar-refractivity contribution >= 4 is 11.3 Å². The van der Waals surface area contributed by atoms with Gasteiger partial charge in [-0.25, -0.2) is 0 Å². The van der Waals surface area contributed by atoms with Crippen LogP contribution in [0.5, 0.6) is 0 Å². The fourth-order valence-electron chi connectivity index (χ4n) is 2.50. The average molecular weight is 280 g/mol. The smallest absolute Gasteiger partial charge is 0.168 e. The number of aromatic nitrogens is 3. The zero-order valence-electron chi connectivity index (χ0n) is 12.9. The standard InChI is InChI=1S/C17H20N4/c1-11-9-14(18)10-21-15(11)19-20-16(21)12-5-7-13(8-6-12)17(2,3)4/h5-10H,18H2,1-4H3. The van der Waals surface area contributed by atoms with E-state index in [0.29, 0.717) is 5.69 Å². The van der Waals surface area contributed by atoms with E-state index in [9.17, 15) is 0 Å². The van der Waals surface area contributed by atoms with Crippen molar-refractivity contribution in [3.8, 4) is 11.4 Å². The fraction of sp³-hybridized carbons (Fsp3) is 0.294. The number of pyridine rings is 1. The van der Waals surface area contributed by atoms with Gasteiger partial charge in [-0.1, -0.05) is 45.0 Å². The van der Waals surface area contributed by atoms with Crippen molar-refractivity contribution in [3.63, 3.8) is 0 Å². The first-order valence-electron chi connectivity index (χ1n) is 7.08. The summed E-state index contributed by atoms with van der Waals surface area (Å²) in [5.74, 6) is 0.820. The summed E-state index contributed by atoms with van der Waals surface area (Å²) in [6.45, 7) is 8.61. The molecule has 108 valence electrons. The molecule has 0 radical (unpaired) electrons. The zero-order valence-corrected chi connectivity index (χ0v) is 12.9. The molecule has 0 fully saturated rings. The first-order valence-corrected chi connectivity index (χ1v) is 7.08. The van der Waals surface area contributed by atoms with Crippen molar-refractivity contribution in [2.45, 2.75) is 33.1 Å². The van der Waals surface area contributed by atoms with Gasteiger partial charge in [0.15, 0.2) is 11.5 Å². The molecule has 2 heterocycles. The Morgan fingerprint density at radius 1 is 1.05 bits per heavy atom. The third-order valence-electron chi connectivity index (χ3n) is 3.72. The predicted octanol–water partition coefficient (Wildman–Crippen LogP) is 3.58. The van der Waals surface area contributed by atoms with Crippen molar-refractivity contribution < 1.29 is 0 Å². The summed E-state index contributed by atoms with van der Waals surface area (Å²) in [6.07, 6.45) is 1.87. The molecule has 0 saturated heterocycles. The molecule has 3 rings (SSSR count). The molecule has 0 aliphatic carbocycles. The van der Waals surface area contributed by atoms with Gasteiger partial charge in [0.2, 0.25) is 0 Å². The van der Waals surface area contributed by atoms with E-state index in [1.807, 2.05) is 23.6 Å². The molecular formula is C17H20N4. The third kappa shape index (κ3) is 2.37. The predicted molar refractivity (Wildman–Crippen MR) is 86.3 cm³/mol. The maximum absolute atomic E-state index is 5.94. The van der Waals surface area contributed by atoms with E-state index >= 15 is 0 Å². The molecule has 4 heteroatoms. The minimum absolute atomic E-state index is 0.145. The summed E-state index contributed by atoms with van der Waals surface area (Å²) >= 11 is 0. The first kappa shape index (κ1) is 13.6. The van der Waals surface area contributed by atoms with Gasteiger partial charge in [0.05, 0.1) is 0 Å². The Labute approximate surface area is 124 Å². The maximum Gasteiger partial charge on any atom is 0.168 e. The number of nitrogens with zero attached hydrogens (tertiary/aromatic N) is 3. The first-order chi connectivity index (χ1) is 9.86. The molecule has 0 aliphatic heterocycles. The van der Waals surface area contributed by atoms with Crippen LogP contribution in [0.2, 0.25) is 0 Å². The Kier molecular flexibility index (Phi) is 2.97. The molecule has 3 aromatic rings. The molecule has 21 heavy (non-hydrogen) atoms. The third-order valence-corrected chi connectivity index (χ3v) is 3.72. The summed E-state index contributed by atoms with van der Waals surface area (Å²) in [6, 6.07) is 10.4. The number of hydrogen-bond acceptors (Lipinski definition) is 3. The number of nitrogen functional groups attached to an aromatic ring is 1. The van der Waals surface area contributed by atoms with Crippen LogP contribution in [0.4, 0.5) is 5.69 Å². The number of anilines is 1. The van der Waals surface area contributed by atoms with Crippen molar-refractivity contribution in [3.05, 3.63) is 47.7 Å². The van der Waals surface area contributed by atoms with E-state index in [2.05, 4.69) is 55.2 Å². The number of fused-ring (bicyclic) bond motifs is 1. The maximum atomic E-state index is 5.94. The van der Waals surface area contributed by atoms with Gasteiger partial charge in [0, 0.05) is 17.4 Å². The summed E-state index contributed by atoms with van der Waals surface area (Å²) in [5, 5.41) is 8.58. The lowest BCUT2D eigenvalue weighted by molar-refractivity contribution is 0.590. The summed E-state index contributed by atoms with van der Waals surface area (Å²) in [7, 11) is 0. The van der Waals surface area contributed by atoms with Gasteiger partial charge < -0.3 is 5.73 Å². The molecule has 0 aliphatic rings. The molecule has 0 unspecified atom stereocenters. The monoisotopic (exact) mass is 280 g/mol.